The van der Waals surface area contributed by atoms with Gasteiger partial charge in [-0.25, -0.2) is 9.47 Å². The third kappa shape index (κ3) is 2.13. The number of rotatable bonds is 2. The first-order valence-electron chi connectivity index (χ1n) is 5.72. The summed E-state index contributed by atoms with van der Waals surface area (Å²) in [5.41, 5.74) is 2.11. The lowest BCUT2D eigenvalue weighted by Gasteiger charge is -2.15. The van der Waals surface area contributed by atoms with Crippen molar-refractivity contribution in [1.82, 2.24) is 24.4 Å². The van der Waals surface area contributed by atoms with E-state index in [1.165, 1.54) is 22.5 Å². The quantitative estimate of drug-likeness (QED) is 0.708. The lowest BCUT2D eigenvalue weighted by Crippen LogP contribution is -2.37. The Hall–Kier alpha value is -2.36. The Bertz CT molecular complexity index is 773. The molecule has 10 heteroatoms. The monoisotopic (exact) mass is 294 g/mol. The highest BCUT2D eigenvalue weighted by molar-refractivity contribution is 7.99. The topological polar surface area (TPSA) is 115 Å². The van der Waals surface area contributed by atoms with E-state index in [1.807, 2.05) is 0 Å². The van der Waals surface area contributed by atoms with E-state index in [0.29, 0.717) is 16.7 Å². The van der Waals surface area contributed by atoms with Gasteiger partial charge in [0.15, 0.2) is 5.82 Å². The smallest absolute Gasteiger partial charge is 0.311 e. The fourth-order valence-corrected chi connectivity index (χ4v) is 2.53. The molecular formula is C10H10N6O3S. The fourth-order valence-electron chi connectivity index (χ4n) is 1.82. The van der Waals surface area contributed by atoms with E-state index < -0.39 is 11.2 Å². The number of amides is 1. The molecule has 0 saturated carbocycles. The summed E-state index contributed by atoms with van der Waals surface area (Å²) < 4.78 is 2.39. The number of hydrogen-bond acceptors (Lipinski definition) is 6. The van der Waals surface area contributed by atoms with Crippen molar-refractivity contribution in [3.05, 3.63) is 38.4 Å². The van der Waals surface area contributed by atoms with Gasteiger partial charge in [0.2, 0.25) is 11.1 Å². The molecule has 0 spiro atoms. The molecule has 0 radical (unpaired) electrons. The van der Waals surface area contributed by atoms with Crippen molar-refractivity contribution in [2.24, 2.45) is 0 Å². The predicted octanol–water partition coefficient (Wildman–Crippen LogP) is -1.34. The number of thioether (sulfide) groups is 1. The van der Waals surface area contributed by atoms with Gasteiger partial charge in [-0.2, -0.15) is 0 Å². The minimum atomic E-state index is -0.526. The molecule has 3 rings (SSSR count). The summed E-state index contributed by atoms with van der Waals surface area (Å²) in [6, 6.07) is 1.32. The first kappa shape index (κ1) is 12.7. The van der Waals surface area contributed by atoms with Crippen LogP contribution in [0.2, 0.25) is 0 Å². The maximum Gasteiger partial charge on any atom is 0.328 e. The van der Waals surface area contributed by atoms with Gasteiger partial charge in [0.05, 0.1) is 12.3 Å². The minimum absolute atomic E-state index is 0.0672. The summed E-state index contributed by atoms with van der Waals surface area (Å²) in [6.07, 6.45) is 0. The molecule has 1 amide bonds. The highest BCUT2D eigenvalue weighted by atomic mass is 32.2. The molecular weight excluding hydrogens is 284 g/mol. The molecule has 1 aliphatic rings. The van der Waals surface area contributed by atoms with Gasteiger partial charge >= 0.3 is 5.69 Å². The van der Waals surface area contributed by atoms with Crippen LogP contribution >= 0.6 is 11.8 Å². The minimum Gasteiger partial charge on any atom is -0.311 e. The van der Waals surface area contributed by atoms with Crippen molar-refractivity contribution < 1.29 is 4.79 Å². The summed E-state index contributed by atoms with van der Waals surface area (Å²) in [5.74, 6) is 0.397. The molecule has 0 aromatic carbocycles. The number of carbonyl (C=O) groups is 1. The maximum atomic E-state index is 11.8. The van der Waals surface area contributed by atoms with Gasteiger partial charge in [-0.1, -0.05) is 11.8 Å². The normalized spacial score (nSPS) is 13.9. The van der Waals surface area contributed by atoms with Gasteiger partial charge in [0.1, 0.15) is 0 Å². The number of carbonyl (C=O) groups excluding carboxylic acids is 1. The number of nitrogens with one attached hydrogen (secondary N) is 2. The van der Waals surface area contributed by atoms with E-state index in [0.717, 1.165) is 4.57 Å². The summed E-state index contributed by atoms with van der Waals surface area (Å²) in [7, 11) is 0. The zero-order chi connectivity index (χ0) is 14.3. The Morgan fingerprint density at radius 1 is 1.35 bits per heavy atom. The Labute approximate surface area is 116 Å². The number of hydrogen-bond donors (Lipinski definition) is 2. The van der Waals surface area contributed by atoms with Crippen molar-refractivity contribution in [1.29, 1.82) is 0 Å². The van der Waals surface area contributed by atoms with E-state index in [-0.39, 0.29) is 18.2 Å². The van der Waals surface area contributed by atoms with Crippen molar-refractivity contribution >= 4 is 17.7 Å². The molecule has 2 aromatic heterocycles. The highest BCUT2D eigenvalue weighted by Gasteiger charge is 2.21. The van der Waals surface area contributed by atoms with Crippen molar-refractivity contribution in [3.8, 4) is 0 Å². The Kier molecular flexibility index (Phi) is 2.93. The highest BCUT2D eigenvalue weighted by Crippen LogP contribution is 2.19. The molecule has 0 bridgehead atoms. The molecule has 0 aliphatic carbocycles. The third-order valence-electron chi connectivity index (χ3n) is 2.72. The van der Waals surface area contributed by atoms with Gasteiger partial charge in [-0.15, -0.1) is 10.2 Å². The standard InChI is InChI=1S/C10H10N6O3S/c1-5-2-8(18)15(9(19)11-5)3-6-12-13-10-16(6)14-7(17)4-20-10/h2H,3-4H2,1H3,(H,11,19)(H,14,17). The largest absolute Gasteiger partial charge is 0.328 e. The average molecular weight is 294 g/mol. The molecule has 104 valence electrons. The van der Waals surface area contributed by atoms with Crippen molar-refractivity contribution in [2.45, 2.75) is 18.6 Å². The van der Waals surface area contributed by atoms with Crippen LogP contribution in [0, 0.1) is 6.92 Å². The predicted molar refractivity (Wildman–Crippen MR) is 70.3 cm³/mol. The number of H-pyrrole nitrogens is 1. The Morgan fingerprint density at radius 3 is 2.90 bits per heavy atom. The van der Waals surface area contributed by atoms with Crippen LogP contribution in [0.3, 0.4) is 0 Å². The summed E-state index contributed by atoms with van der Waals surface area (Å²) >= 11 is 1.24. The Balaban J connectivity index is 2.01. The van der Waals surface area contributed by atoms with Crippen molar-refractivity contribution in [3.63, 3.8) is 0 Å². The zero-order valence-electron chi connectivity index (χ0n) is 10.4. The second-order valence-electron chi connectivity index (χ2n) is 4.24. The SMILES string of the molecule is Cc1cc(=O)n(Cc2nnc3n2NC(=O)CS3)c(=O)[nH]1. The zero-order valence-corrected chi connectivity index (χ0v) is 11.2. The number of aromatic amines is 1. The van der Waals surface area contributed by atoms with Crippen LogP contribution in [-0.2, 0) is 11.3 Å². The molecule has 1 aliphatic heterocycles. The summed E-state index contributed by atoms with van der Waals surface area (Å²) in [4.78, 5) is 37.5. The molecule has 3 heterocycles. The fraction of sp³-hybridized carbons (Fsp3) is 0.300. The lowest BCUT2D eigenvalue weighted by atomic mass is 10.4. The van der Waals surface area contributed by atoms with Gasteiger partial charge < -0.3 is 4.98 Å². The second-order valence-corrected chi connectivity index (χ2v) is 5.18. The van der Waals surface area contributed by atoms with E-state index in [1.54, 1.807) is 6.92 Å². The molecule has 20 heavy (non-hydrogen) atoms. The van der Waals surface area contributed by atoms with Gasteiger partial charge in [0.25, 0.3) is 5.56 Å². The van der Waals surface area contributed by atoms with Crippen LogP contribution in [-0.4, -0.2) is 36.1 Å². The van der Waals surface area contributed by atoms with Gasteiger partial charge in [-0.3, -0.25) is 19.6 Å². The van der Waals surface area contributed by atoms with E-state index in [2.05, 4.69) is 20.6 Å². The molecule has 2 N–H and O–H groups in total. The van der Waals surface area contributed by atoms with Gasteiger partial charge in [0, 0.05) is 11.8 Å². The van der Waals surface area contributed by atoms with Crippen LogP contribution in [0.5, 0.6) is 0 Å². The molecule has 0 atom stereocenters. The van der Waals surface area contributed by atoms with E-state index in [4.69, 9.17) is 0 Å². The molecule has 9 nitrogen and oxygen atoms in total. The Morgan fingerprint density at radius 2 is 2.15 bits per heavy atom. The van der Waals surface area contributed by atoms with E-state index in [9.17, 15) is 14.4 Å². The van der Waals surface area contributed by atoms with Crippen LogP contribution in [0.15, 0.2) is 20.8 Å². The average Bonchev–Trinajstić information content (AvgIpc) is 2.76. The summed E-state index contributed by atoms with van der Waals surface area (Å²) in [5, 5.41) is 8.32. The van der Waals surface area contributed by atoms with Gasteiger partial charge in [-0.05, 0) is 6.92 Å². The van der Waals surface area contributed by atoms with Crippen LogP contribution < -0.4 is 16.7 Å². The van der Waals surface area contributed by atoms with Crippen LogP contribution in [0.25, 0.3) is 0 Å². The van der Waals surface area contributed by atoms with Crippen LogP contribution in [0.1, 0.15) is 11.5 Å². The third-order valence-corrected chi connectivity index (χ3v) is 3.65. The van der Waals surface area contributed by atoms with Crippen LogP contribution in [0.4, 0.5) is 0 Å². The van der Waals surface area contributed by atoms with E-state index >= 15 is 0 Å². The first-order valence-corrected chi connectivity index (χ1v) is 6.71. The van der Waals surface area contributed by atoms with Crippen molar-refractivity contribution in [2.75, 3.05) is 11.2 Å². The maximum absolute atomic E-state index is 11.8. The molecule has 0 fully saturated rings. The first-order chi connectivity index (χ1) is 9.54. The lowest BCUT2D eigenvalue weighted by molar-refractivity contribution is -0.115. The molecule has 0 saturated heterocycles. The second kappa shape index (κ2) is 4.63. The molecule has 0 unspecified atom stereocenters. The number of nitrogens with zero attached hydrogens (tertiary/aromatic N) is 4. The number of aryl methyl sites for hydroxylation is 1. The number of fused-ring (bicyclic) bond motifs is 1. The summed E-state index contributed by atoms with van der Waals surface area (Å²) in [6.45, 7) is 1.56. The molecule has 2 aromatic rings. The number of aromatic nitrogens is 5.